The number of fused-ring (bicyclic) bond motifs is 1. The van der Waals surface area contributed by atoms with Gasteiger partial charge in [-0.1, -0.05) is 29.3 Å². The van der Waals surface area contributed by atoms with Gasteiger partial charge in [0, 0.05) is 23.2 Å². The fraction of sp³-hybridized carbons (Fsp3) is 0.0625. The highest BCUT2D eigenvalue weighted by Crippen LogP contribution is 2.30. The Morgan fingerprint density at radius 2 is 2.05 bits per heavy atom. The van der Waals surface area contributed by atoms with Gasteiger partial charge in [0.15, 0.2) is 0 Å². The normalized spacial score (nSPS) is 10.7. The number of hydrogen-bond donors (Lipinski definition) is 2. The molecule has 0 spiro atoms. The van der Waals surface area contributed by atoms with Crippen LogP contribution in [0, 0.1) is 0 Å². The number of amides is 1. The lowest BCUT2D eigenvalue weighted by Crippen LogP contribution is -2.11. The van der Waals surface area contributed by atoms with Crippen molar-refractivity contribution < 1.29 is 9.53 Å². The number of benzene rings is 2. The van der Waals surface area contributed by atoms with Gasteiger partial charge in [-0.3, -0.25) is 4.79 Å². The van der Waals surface area contributed by atoms with Crippen LogP contribution in [0.4, 0.5) is 5.69 Å². The van der Waals surface area contributed by atoms with E-state index in [-0.39, 0.29) is 5.91 Å². The van der Waals surface area contributed by atoms with Gasteiger partial charge in [-0.15, -0.1) is 0 Å². The van der Waals surface area contributed by atoms with Crippen molar-refractivity contribution in [2.24, 2.45) is 0 Å². The van der Waals surface area contributed by atoms with Crippen LogP contribution in [-0.2, 0) is 0 Å². The van der Waals surface area contributed by atoms with Gasteiger partial charge in [0.1, 0.15) is 5.75 Å². The Balaban J connectivity index is 1.94. The van der Waals surface area contributed by atoms with Gasteiger partial charge < -0.3 is 15.0 Å². The summed E-state index contributed by atoms with van der Waals surface area (Å²) in [4.78, 5) is 15.5. The Hall–Kier alpha value is -2.17. The summed E-state index contributed by atoms with van der Waals surface area (Å²) in [6, 6.07) is 10.6. The van der Waals surface area contributed by atoms with Crippen LogP contribution in [0.15, 0.2) is 42.6 Å². The molecule has 0 atom stereocenters. The molecule has 1 aromatic heterocycles. The van der Waals surface area contributed by atoms with Gasteiger partial charge in [0.2, 0.25) is 0 Å². The van der Waals surface area contributed by atoms with Crippen molar-refractivity contribution in [3.63, 3.8) is 0 Å². The number of nitrogens with one attached hydrogen (secondary N) is 2. The third kappa shape index (κ3) is 2.63. The molecule has 4 nitrogen and oxygen atoms in total. The van der Waals surface area contributed by atoms with Crippen LogP contribution >= 0.6 is 23.2 Å². The number of ether oxygens (including phenoxy) is 1. The molecule has 0 aliphatic carbocycles. The van der Waals surface area contributed by atoms with Crippen LogP contribution in [0.25, 0.3) is 10.9 Å². The number of halogens is 2. The fourth-order valence-electron chi connectivity index (χ4n) is 2.21. The van der Waals surface area contributed by atoms with Crippen molar-refractivity contribution in [3.8, 4) is 5.75 Å². The first-order valence-corrected chi connectivity index (χ1v) is 7.26. The van der Waals surface area contributed by atoms with Crippen molar-refractivity contribution in [2.75, 3.05) is 12.4 Å². The van der Waals surface area contributed by atoms with Gasteiger partial charge in [0.25, 0.3) is 5.91 Å². The average molecular weight is 335 g/mol. The summed E-state index contributed by atoms with van der Waals surface area (Å²) in [6.07, 6.45) is 1.65. The zero-order valence-corrected chi connectivity index (χ0v) is 13.1. The molecule has 0 bridgehead atoms. The second kappa shape index (κ2) is 5.91. The van der Waals surface area contributed by atoms with Crippen molar-refractivity contribution in [2.45, 2.75) is 0 Å². The molecule has 1 heterocycles. The standard InChI is InChI=1S/C16H12Cl2N2O2/c1-22-9-5-6-10-11(8-19-14(10)7-9)16(21)20-13-4-2-3-12(17)15(13)18/h2-8,19H,1H3,(H,20,21). The van der Waals surface area contributed by atoms with Crippen molar-refractivity contribution in [1.82, 2.24) is 4.98 Å². The van der Waals surface area contributed by atoms with Crippen LogP contribution in [0.1, 0.15) is 10.4 Å². The van der Waals surface area contributed by atoms with Crippen molar-refractivity contribution >= 4 is 45.7 Å². The number of carbonyl (C=O) groups excluding carboxylic acids is 1. The molecule has 22 heavy (non-hydrogen) atoms. The summed E-state index contributed by atoms with van der Waals surface area (Å²) in [5.41, 5.74) is 1.82. The van der Waals surface area contributed by atoms with E-state index < -0.39 is 0 Å². The van der Waals surface area contributed by atoms with Crippen LogP contribution in [0.2, 0.25) is 10.0 Å². The predicted molar refractivity (Wildman–Crippen MR) is 89.3 cm³/mol. The van der Waals surface area contributed by atoms with E-state index in [1.807, 2.05) is 12.1 Å². The lowest BCUT2D eigenvalue weighted by atomic mass is 10.1. The second-order valence-electron chi connectivity index (χ2n) is 4.67. The number of rotatable bonds is 3. The number of H-pyrrole nitrogens is 1. The van der Waals surface area contributed by atoms with E-state index in [0.717, 1.165) is 16.7 Å². The first-order valence-electron chi connectivity index (χ1n) is 6.50. The molecule has 6 heteroatoms. The molecule has 0 fully saturated rings. The number of anilines is 1. The number of methoxy groups -OCH3 is 1. The summed E-state index contributed by atoms with van der Waals surface area (Å²) < 4.78 is 5.16. The minimum atomic E-state index is -0.263. The molecule has 2 N–H and O–H groups in total. The highest BCUT2D eigenvalue weighted by Gasteiger charge is 2.14. The largest absolute Gasteiger partial charge is 0.497 e. The third-order valence-electron chi connectivity index (χ3n) is 3.33. The minimum absolute atomic E-state index is 0.263. The van der Waals surface area contributed by atoms with Crippen LogP contribution < -0.4 is 10.1 Å². The fourth-order valence-corrected chi connectivity index (χ4v) is 2.56. The number of carbonyl (C=O) groups is 1. The van der Waals surface area contributed by atoms with E-state index in [4.69, 9.17) is 27.9 Å². The smallest absolute Gasteiger partial charge is 0.257 e. The highest BCUT2D eigenvalue weighted by atomic mass is 35.5. The van der Waals surface area contributed by atoms with Gasteiger partial charge >= 0.3 is 0 Å². The summed E-state index contributed by atoms with van der Waals surface area (Å²) in [5, 5.41) is 4.28. The van der Waals surface area contributed by atoms with Crippen molar-refractivity contribution in [3.05, 3.63) is 58.2 Å². The zero-order chi connectivity index (χ0) is 15.7. The molecule has 0 saturated heterocycles. The van der Waals surface area contributed by atoms with E-state index in [1.165, 1.54) is 0 Å². The van der Waals surface area contributed by atoms with Gasteiger partial charge in [-0.2, -0.15) is 0 Å². The summed E-state index contributed by atoms with van der Waals surface area (Å²) in [5.74, 6) is 0.458. The Morgan fingerprint density at radius 3 is 2.82 bits per heavy atom. The Labute approximate surface area is 137 Å². The average Bonchev–Trinajstić information content (AvgIpc) is 2.94. The maximum Gasteiger partial charge on any atom is 0.257 e. The monoisotopic (exact) mass is 334 g/mol. The van der Waals surface area contributed by atoms with E-state index in [1.54, 1.807) is 37.6 Å². The molecule has 1 amide bonds. The first kappa shape index (κ1) is 14.8. The van der Waals surface area contributed by atoms with E-state index in [9.17, 15) is 4.79 Å². The molecule has 2 aromatic carbocycles. The van der Waals surface area contributed by atoms with Crippen LogP contribution in [0.5, 0.6) is 5.75 Å². The summed E-state index contributed by atoms with van der Waals surface area (Å²) >= 11 is 12.0. The van der Waals surface area contributed by atoms with Crippen molar-refractivity contribution in [1.29, 1.82) is 0 Å². The maximum atomic E-state index is 12.4. The molecule has 0 radical (unpaired) electrons. The zero-order valence-electron chi connectivity index (χ0n) is 11.6. The number of aromatic amines is 1. The second-order valence-corrected chi connectivity index (χ2v) is 5.45. The minimum Gasteiger partial charge on any atom is -0.497 e. The predicted octanol–water partition coefficient (Wildman–Crippen LogP) is 4.74. The quantitative estimate of drug-likeness (QED) is 0.727. The Morgan fingerprint density at radius 1 is 1.23 bits per heavy atom. The Kier molecular flexibility index (Phi) is 3.96. The maximum absolute atomic E-state index is 12.4. The molecule has 0 aliphatic heterocycles. The molecule has 0 aliphatic rings. The highest BCUT2D eigenvalue weighted by molar-refractivity contribution is 6.44. The van der Waals surface area contributed by atoms with Gasteiger partial charge in [0.05, 0.1) is 28.4 Å². The lowest BCUT2D eigenvalue weighted by molar-refractivity contribution is 0.102. The lowest BCUT2D eigenvalue weighted by Gasteiger charge is -2.07. The summed E-state index contributed by atoms with van der Waals surface area (Å²) in [6.45, 7) is 0. The molecule has 112 valence electrons. The van der Waals surface area contributed by atoms with E-state index >= 15 is 0 Å². The Bertz CT molecular complexity index is 858. The van der Waals surface area contributed by atoms with Gasteiger partial charge in [-0.05, 0) is 24.3 Å². The van der Waals surface area contributed by atoms with E-state index in [0.29, 0.717) is 21.3 Å². The molecule has 3 aromatic rings. The SMILES string of the molecule is COc1ccc2c(C(=O)Nc3cccc(Cl)c3Cl)c[nH]c2c1. The van der Waals surface area contributed by atoms with Gasteiger partial charge in [-0.25, -0.2) is 0 Å². The molecule has 0 unspecified atom stereocenters. The first-order chi connectivity index (χ1) is 10.6. The molecule has 3 rings (SSSR count). The van der Waals surface area contributed by atoms with Crippen LogP contribution in [0.3, 0.4) is 0 Å². The van der Waals surface area contributed by atoms with Crippen LogP contribution in [-0.4, -0.2) is 18.0 Å². The topological polar surface area (TPSA) is 54.1 Å². The molecular weight excluding hydrogens is 323 g/mol. The van der Waals surface area contributed by atoms with E-state index in [2.05, 4.69) is 10.3 Å². The third-order valence-corrected chi connectivity index (χ3v) is 4.15. The molecule has 0 saturated carbocycles. The number of aromatic nitrogens is 1. The summed E-state index contributed by atoms with van der Waals surface area (Å²) in [7, 11) is 1.60. The molecular formula is C16H12Cl2N2O2. The number of hydrogen-bond acceptors (Lipinski definition) is 2.